The molecule has 0 saturated heterocycles. The summed E-state index contributed by atoms with van der Waals surface area (Å²) in [6.45, 7) is 3.88. The van der Waals surface area contributed by atoms with Gasteiger partial charge < -0.3 is 14.8 Å². The van der Waals surface area contributed by atoms with Gasteiger partial charge >= 0.3 is 30.1 Å². The molecule has 148 valence electrons. The molecule has 0 aromatic carbocycles. The predicted octanol–water partition coefficient (Wildman–Crippen LogP) is 3.52. The van der Waals surface area contributed by atoms with Crippen LogP contribution in [0.1, 0.15) is 27.7 Å². The van der Waals surface area contributed by atoms with Crippen molar-refractivity contribution >= 4 is 12.1 Å². The molecule has 0 radical (unpaired) electrons. The summed E-state index contributed by atoms with van der Waals surface area (Å²) in [7, 11) is 0. The Morgan fingerprint density at radius 1 is 1.00 bits per heavy atom. The van der Waals surface area contributed by atoms with E-state index in [1.165, 1.54) is 26.1 Å². The topological polar surface area (TPSA) is 64.6 Å². The molecule has 0 rings (SSSR count). The van der Waals surface area contributed by atoms with Gasteiger partial charge in [0.1, 0.15) is 6.04 Å². The number of ether oxygens (including phenoxy) is 2. The molecule has 0 aliphatic rings. The molecule has 1 amide bonds. The Morgan fingerprint density at radius 3 is 1.84 bits per heavy atom. The summed E-state index contributed by atoms with van der Waals surface area (Å²) >= 11 is 0. The molecule has 0 spiro atoms. The molecule has 0 bridgehead atoms. The first-order valence-corrected chi connectivity index (χ1v) is 7.05. The van der Waals surface area contributed by atoms with Crippen LogP contribution in [0.3, 0.4) is 0 Å². The van der Waals surface area contributed by atoms with Gasteiger partial charge in [-0.1, -0.05) is 6.92 Å². The maximum Gasteiger partial charge on any atom is 0.459 e. The maximum atomic E-state index is 13.8. The van der Waals surface area contributed by atoms with Crippen LogP contribution >= 0.6 is 0 Å². The Kier molecular flexibility index (Phi) is 7.52. The van der Waals surface area contributed by atoms with Crippen LogP contribution in [0, 0.1) is 5.92 Å². The number of alkyl halides is 7. The molecule has 0 aliphatic carbocycles. The first kappa shape index (κ1) is 23.2. The molecular formula is C13H18F7NO4. The van der Waals surface area contributed by atoms with Crippen molar-refractivity contribution in [2.45, 2.75) is 57.9 Å². The van der Waals surface area contributed by atoms with E-state index >= 15 is 0 Å². The first-order valence-electron chi connectivity index (χ1n) is 7.05. The SMILES string of the molecule is CCOC(=O)NC(C(=O)OC(C)C)C(C)C(F)(F)C(F)(F)C(F)(F)F. The van der Waals surface area contributed by atoms with Crippen LogP contribution in [-0.2, 0) is 14.3 Å². The van der Waals surface area contributed by atoms with E-state index in [2.05, 4.69) is 9.47 Å². The summed E-state index contributed by atoms with van der Waals surface area (Å²) in [6, 6.07) is -2.50. The zero-order chi connectivity index (χ0) is 20.2. The van der Waals surface area contributed by atoms with Gasteiger partial charge in [-0.3, -0.25) is 0 Å². The van der Waals surface area contributed by atoms with E-state index in [4.69, 9.17) is 0 Å². The quantitative estimate of drug-likeness (QED) is 0.538. The summed E-state index contributed by atoms with van der Waals surface area (Å²) in [6.07, 6.45) is -8.92. The van der Waals surface area contributed by atoms with Gasteiger partial charge in [0.15, 0.2) is 0 Å². The van der Waals surface area contributed by atoms with Gasteiger partial charge in [0.05, 0.1) is 18.6 Å². The number of alkyl carbamates (subject to hydrolysis) is 1. The summed E-state index contributed by atoms with van der Waals surface area (Å²) in [4.78, 5) is 23.1. The van der Waals surface area contributed by atoms with Crippen LogP contribution in [0.4, 0.5) is 35.5 Å². The van der Waals surface area contributed by atoms with Gasteiger partial charge in [-0.05, 0) is 20.8 Å². The van der Waals surface area contributed by atoms with E-state index in [1.54, 1.807) is 0 Å². The van der Waals surface area contributed by atoms with Crippen LogP contribution in [-0.4, -0.2) is 48.8 Å². The highest BCUT2D eigenvalue weighted by Crippen LogP contribution is 2.50. The highest BCUT2D eigenvalue weighted by molar-refractivity contribution is 5.82. The Hall–Kier alpha value is -1.75. The molecule has 0 aromatic heterocycles. The fourth-order valence-electron chi connectivity index (χ4n) is 1.68. The van der Waals surface area contributed by atoms with Gasteiger partial charge in [-0.25, -0.2) is 9.59 Å². The van der Waals surface area contributed by atoms with Crippen molar-refractivity contribution in [1.82, 2.24) is 5.32 Å². The second-order valence-corrected chi connectivity index (χ2v) is 5.31. The molecule has 2 atom stereocenters. The second-order valence-electron chi connectivity index (χ2n) is 5.31. The number of amides is 1. The van der Waals surface area contributed by atoms with E-state index in [1.807, 2.05) is 0 Å². The summed E-state index contributed by atoms with van der Waals surface area (Å²) in [5.74, 6) is -16.7. The largest absolute Gasteiger partial charge is 0.461 e. The number of nitrogens with one attached hydrogen (secondary N) is 1. The maximum absolute atomic E-state index is 13.8. The molecule has 0 fully saturated rings. The van der Waals surface area contributed by atoms with Gasteiger partial charge in [0.2, 0.25) is 0 Å². The number of hydrogen-bond donors (Lipinski definition) is 1. The predicted molar refractivity (Wildman–Crippen MR) is 70.3 cm³/mol. The number of esters is 1. The molecule has 0 aliphatic heterocycles. The highest BCUT2D eigenvalue weighted by Gasteiger charge is 2.75. The van der Waals surface area contributed by atoms with Gasteiger partial charge in [0.25, 0.3) is 0 Å². The van der Waals surface area contributed by atoms with Gasteiger partial charge in [-0.2, -0.15) is 30.7 Å². The number of rotatable bonds is 7. The third-order valence-corrected chi connectivity index (χ3v) is 3.00. The lowest BCUT2D eigenvalue weighted by Crippen LogP contribution is -2.61. The fraction of sp³-hybridized carbons (Fsp3) is 0.846. The lowest BCUT2D eigenvalue weighted by atomic mass is 9.90. The molecule has 0 saturated carbocycles. The van der Waals surface area contributed by atoms with Crippen molar-refractivity contribution in [3.63, 3.8) is 0 Å². The van der Waals surface area contributed by atoms with Crippen molar-refractivity contribution in [1.29, 1.82) is 0 Å². The zero-order valence-corrected chi connectivity index (χ0v) is 13.7. The van der Waals surface area contributed by atoms with Gasteiger partial charge in [-0.15, -0.1) is 0 Å². The number of hydrogen-bond acceptors (Lipinski definition) is 4. The van der Waals surface area contributed by atoms with Crippen molar-refractivity contribution in [2.24, 2.45) is 5.92 Å². The van der Waals surface area contributed by atoms with Crippen LogP contribution in [0.15, 0.2) is 0 Å². The second kappa shape index (κ2) is 8.09. The Labute approximate surface area is 138 Å². The van der Waals surface area contributed by atoms with Crippen LogP contribution in [0.5, 0.6) is 0 Å². The van der Waals surface area contributed by atoms with Crippen molar-refractivity contribution < 1.29 is 49.8 Å². The monoisotopic (exact) mass is 385 g/mol. The highest BCUT2D eigenvalue weighted by atomic mass is 19.4. The molecule has 25 heavy (non-hydrogen) atoms. The van der Waals surface area contributed by atoms with E-state index in [0.29, 0.717) is 0 Å². The van der Waals surface area contributed by atoms with Crippen LogP contribution in [0.2, 0.25) is 0 Å². The molecule has 0 heterocycles. The molecule has 1 N–H and O–H groups in total. The van der Waals surface area contributed by atoms with E-state index < -0.39 is 48.1 Å². The molecule has 0 aromatic rings. The van der Waals surface area contributed by atoms with Crippen LogP contribution < -0.4 is 5.32 Å². The summed E-state index contributed by atoms with van der Waals surface area (Å²) in [5.41, 5.74) is 0. The minimum absolute atomic E-state index is 0.262. The Balaban J connectivity index is 5.75. The lowest BCUT2D eigenvalue weighted by molar-refractivity contribution is -0.365. The average Bonchev–Trinajstić information content (AvgIpc) is 2.41. The number of carbonyl (C=O) groups excluding carboxylic acids is 2. The molecule has 5 nitrogen and oxygen atoms in total. The first-order chi connectivity index (χ1) is 11.1. The molecule has 12 heteroatoms. The van der Waals surface area contributed by atoms with E-state index in [9.17, 15) is 40.3 Å². The molecule has 2 unspecified atom stereocenters. The minimum atomic E-state index is -6.57. The third kappa shape index (κ3) is 5.36. The molecular weight excluding hydrogens is 367 g/mol. The smallest absolute Gasteiger partial charge is 0.459 e. The Bertz CT molecular complexity index is 479. The van der Waals surface area contributed by atoms with Gasteiger partial charge in [0, 0.05) is 0 Å². The van der Waals surface area contributed by atoms with Crippen molar-refractivity contribution in [2.75, 3.05) is 6.61 Å². The van der Waals surface area contributed by atoms with E-state index in [0.717, 1.165) is 0 Å². The number of halogens is 7. The summed E-state index contributed by atoms with van der Waals surface area (Å²) in [5, 5.41) is 1.54. The summed E-state index contributed by atoms with van der Waals surface area (Å²) < 4.78 is 99.7. The zero-order valence-electron chi connectivity index (χ0n) is 13.7. The standard InChI is InChI=1S/C13H18F7NO4/c1-5-24-10(23)21-8(9(22)25-6(2)3)7(4)11(14,15)12(16,17)13(18,19)20/h6-8H,5H2,1-4H3,(H,21,23). The van der Waals surface area contributed by atoms with Crippen molar-refractivity contribution in [3.05, 3.63) is 0 Å². The van der Waals surface area contributed by atoms with E-state index in [-0.39, 0.29) is 13.5 Å². The lowest BCUT2D eigenvalue weighted by Gasteiger charge is -2.35. The number of carbonyl (C=O) groups is 2. The van der Waals surface area contributed by atoms with Crippen molar-refractivity contribution in [3.8, 4) is 0 Å². The Morgan fingerprint density at radius 2 is 1.48 bits per heavy atom. The average molecular weight is 385 g/mol. The normalized spacial score (nSPS) is 15.5. The third-order valence-electron chi connectivity index (χ3n) is 3.00. The minimum Gasteiger partial charge on any atom is -0.461 e. The fourth-order valence-corrected chi connectivity index (χ4v) is 1.68. The van der Waals surface area contributed by atoms with Crippen LogP contribution in [0.25, 0.3) is 0 Å².